The van der Waals surface area contributed by atoms with Crippen molar-refractivity contribution in [2.45, 2.75) is 109 Å². The molecule has 7 N–H and O–H groups in total. The summed E-state index contributed by atoms with van der Waals surface area (Å²) >= 11 is 0. The minimum absolute atomic E-state index is 0.0397. The van der Waals surface area contributed by atoms with Crippen LogP contribution in [0.3, 0.4) is 0 Å². The van der Waals surface area contributed by atoms with Gasteiger partial charge in [0.2, 0.25) is 5.78 Å². The van der Waals surface area contributed by atoms with Crippen molar-refractivity contribution in [2.75, 3.05) is 27.4 Å². The lowest BCUT2D eigenvalue weighted by Crippen LogP contribution is -2.70. The van der Waals surface area contributed by atoms with E-state index in [1.54, 1.807) is 26.2 Å². The van der Waals surface area contributed by atoms with Crippen LogP contribution in [-0.2, 0) is 25.6 Å². The molecule has 0 saturated heterocycles. The molecule has 0 heterocycles. The molecule has 0 aliphatic heterocycles. The fraction of sp³-hybridized carbons (Fsp3) is 0.418. The molecule has 4 aromatic carbocycles. The highest BCUT2D eigenvalue weighted by Gasteiger charge is 2.68. The lowest BCUT2D eigenvalue weighted by Gasteiger charge is -2.53. The van der Waals surface area contributed by atoms with Gasteiger partial charge in [-0.3, -0.25) is 24.1 Å². The number of methoxy groups -OCH3 is 1. The number of aliphatic hydroxyl groups excluding tert-OH is 3. The first-order chi connectivity index (χ1) is 32.4. The summed E-state index contributed by atoms with van der Waals surface area (Å²) in [5.41, 5.74) is 4.21. The topological polar surface area (TPSA) is 208 Å². The number of phenolic OH excluding ortho intramolecular Hbond substituents is 1. The first-order valence-corrected chi connectivity index (χ1v) is 25.7. The normalized spacial score (nSPS) is 22.5. The SMILES string of the molecule is COc1ccc([P+](CCCCCCCCCC(=O)CCc2ccc3c(c2O)C(O)=C2C(=O)[C@]4(O)C(O)=C(C(N)=O)C(=O)[C@@H](N(C)C)[C@@H]4[C@@H](O)[C@@H]2[C@H]3C)(c2ccc(C)cc2)c2ccc(C)cc2)cc1. The molecule has 360 valence electrons. The van der Waals surface area contributed by atoms with Crippen molar-refractivity contribution in [1.82, 2.24) is 4.90 Å². The molecule has 0 aromatic heterocycles. The summed E-state index contributed by atoms with van der Waals surface area (Å²) in [6.45, 7) is 5.94. The average molecular weight is 946 g/mol. The molecule has 13 heteroatoms. The lowest BCUT2D eigenvalue weighted by molar-refractivity contribution is -0.169. The quantitative estimate of drug-likeness (QED) is 0.0330. The monoisotopic (exact) mass is 945 g/mol. The minimum atomic E-state index is -2.99. The molecular weight excluding hydrogens is 880 g/mol. The summed E-state index contributed by atoms with van der Waals surface area (Å²) < 4.78 is 5.53. The van der Waals surface area contributed by atoms with Gasteiger partial charge in [0.15, 0.2) is 11.4 Å². The summed E-state index contributed by atoms with van der Waals surface area (Å²) in [6, 6.07) is 28.7. The molecule has 1 amide bonds. The van der Waals surface area contributed by atoms with Gasteiger partial charge < -0.3 is 36.0 Å². The number of aliphatic hydroxyl groups is 4. The van der Waals surface area contributed by atoms with E-state index < -0.39 is 82.9 Å². The summed E-state index contributed by atoms with van der Waals surface area (Å²) in [4.78, 5) is 54.6. The smallest absolute Gasteiger partial charge is 0.255 e. The number of ether oxygens (including phenoxy) is 1. The molecule has 4 aromatic rings. The van der Waals surface area contributed by atoms with Crippen LogP contribution in [0.2, 0.25) is 0 Å². The molecule has 1 saturated carbocycles. The summed E-state index contributed by atoms with van der Waals surface area (Å²) in [5.74, 6) is -8.46. The number of phenols is 1. The number of carbonyl (C=O) groups is 4. The number of primary amides is 1. The van der Waals surface area contributed by atoms with Crippen molar-refractivity contribution in [3.8, 4) is 11.5 Å². The molecule has 0 radical (unpaired) electrons. The van der Waals surface area contributed by atoms with Crippen LogP contribution in [0.1, 0.15) is 98.4 Å². The largest absolute Gasteiger partial charge is 0.508 e. The van der Waals surface area contributed by atoms with Gasteiger partial charge in [-0.25, -0.2) is 0 Å². The summed E-state index contributed by atoms with van der Waals surface area (Å²) in [5, 5.41) is 62.4. The van der Waals surface area contributed by atoms with E-state index in [4.69, 9.17) is 10.5 Å². The van der Waals surface area contributed by atoms with Gasteiger partial charge in [0.05, 0.1) is 36.9 Å². The van der Waals surface area contributed by atoms with Crippen LogP contribution in [-0.4, -0.2) is 98.8 Å². The molecule has 3 aliphatic rings. The Bertz CT molecular complexity index is 2570. The van der Waals surface area contributed by atoms with Gasteiger partial charge >= 0.3 is 0 Å². The minimum Gasteiger partial charge on any atom is -0.508 e. The number of Topliss-reactive ketones (excluding diaryl/α,β-unsaturated/α-hetero) is 3. The summed E-state index contributed by atoms with van der Waals surface area (Å²) in [7, 11) is 2.66. The van der Waals surface area contributed by atoms with E-state index >= 15 is 0 Å². The van der Waals surface area contributed by atoms with Gasteiger partial charge in [0.25, 0.3) is 5.91 Å². The lowest BCUT2D eigenvalue weighted by atomic mass is 9.54. The zero-order chi connectivity index (χ0) is 49.2. The van der Waals surface area contributed by atoms with Crippen LogP contribution in [0.25, 0.3) is 5.76 Å². The molecule has 12 nitrogen and oxygen atoms in total. The predicted molar refractivity (Wildman–Crippen MR) is 267 cm³/mol. The number of carbonyl (C=O) groups excluding carboxylic acids is 4. The van der Waals surface area contributed by atoms with E-state index in [2.05, 4.69) is 86.6 Å². The zero-order valence-electron chi connectivity index (χ0n) is 40.0. The van der Waals surface area contributed by atoms with Crippen LogP contribution in [0.5, 0.6) is 11.5 Å². The Morgan fingerprint density at radius 3 is 1.82 bits per heavy atom. The third kappa shape index (κ3) is 9.04. The zero-order valence-corrected chi connectivity index (χ0v) is 40.9. The maximum atomic E-state index is 14.3. The Hall–Kier alpha value is -5.65. The Kier molecular flexibility index (Phi) is 15.2. The number of hydrogen-bond acceptors (Lipinski definition) is 11. The van der Waals surface area contributed by atoms with Crippen LogP contribution >= 0.6 is 7.26 Å². The molecule has 0 unspecified atom stereocenters. The number of nitrogens with zero attached hydrogens (tertiary/aromatic N) is 1. The van der Waals surface area contributed by atoms with E-state index in [0.29, 0.717) is 17.5 Å². The van der Waals surface area contributed by atoms with Crippen LogP contribution < -0.4 is 26.4 Å². The van der Waals surface area contributed by atoms with E-state index in [0.717, 1.165) is 56.9 Å². The number of fused-ring (bicyclic) bond motifs is 3. The van der Waals surface area contributed by atoms with Crippen molar-refractivity contribution in [3.63, 3.8) is 0 Å². The van der Waals surface area contributed by atoms with Gasteiger partial charge in [-0.15, -0.1) is 0 Å². The Balaban J connectivity index is 0.951. The molecule has 3 aliphatic carbocycles. The van der Waals surface area contributed by atoms with Crippen molar-refractivity contribution < 1.29 is 49.4 Å². The molecule has 0 bridgehead atoms. The predicted octanol–water partition coefficient (Wildman–Crippen LogP) is 6.74. The Labute approximate surface area is 399 Å². The second-order valence-electron chi connectivity index (χ2n) is 19.3. The molecule has 1 fully saturated rings. The van der Waals surface area contributed by atoms with Crippen molar-refractivity contribution in [3.05, 3.63) is 130 Å². The molecule has 0 spiro atoms. The number of hydrogen-bond donors (Lipinski definition) is 6. The number of nitrogens with two attached hydrogens (primary N) is 1. The molecular formula is C55H66N2O10P+. The molecule has 6 atom stereocenters. The third-order valence-electron chi connectivity index (χ3n) is 14.8. The highest BCUT2D eigenvalue weighted by molar-refractivity contribution is 7.95. The fourth-order valence-corrected chi connectivity index (χ4v) is 15.4. The first kappa shape index (κ1) is 50.2. The third-order valence-corrected chi connectivity index (χ3v) is 19.3. The van der Waals surface area contributed by atoms with Gasteiger partial charge in [-0.2, -0.15) is 0 Å². The second kappa shape index (κ2) is 20.5. The number of amides is 1. The summed E-state index contributed by atoms with van der Waals surface area (Å²) in [6.07, 6.45) is 7.17. The van der Waals surface area contributed by atoms with Gasteiger partial charge in [-0.05, 0) is 119 Å². The highest BCUT2D eigenvalue weighted by atomic mass is 31.2. The van der Waals surface area contributed by atoms with E-state index in [9.17, 15) is 44.7 Å². The highest BCUT2D eigenvalue weighted by Crippen LogP contribution is 2.58. The van der Waals surface area contributed by atoms with E-state index in [1.807, 2.05) is 0 Å². The number of aromatic hydroxyl groups is 1. The molecule has 7 rings (SSSR count). The Morgan fingerprint density at radius 1 is 0.765 bits per heavy atom. The number of ketones is 3. The average Bonchev–Trinajstić information content (AvgIpc) is 3.31. The van der Waals surface area contributed by atoms with Crippen LogP contribution in [0.4, 0.5) is 0 Å². The maximum absolute atomic E-state index is 14.3. The van der Waals surface area contributed by atoms with Crippen molar-refractivity contribution in [1.29, 1.82) is 0 Å². The standard InChI is InChI=1S/C55H65N2O10P/c1-32-15-24-38(25-16-32)68(39-26-17-33(2)18-27-39,40-28-22-37(67-6)23-29-40)31-13-11-9-7-8-10-12-14-36(58)21-19-35-20-30-41-34(3)42-44(49(60)43(41)48(35)59)52(63)55(66)46(50(42)61)47(57(4)5)51(62)45(53(55)64)54(56)65/h15-18,20,22-30,34,42,46-47,50,61,66H,7-14,19,21,31H2,1-6H3,(H4-,56,59,60,62,63,64,65)/p+1/t34-,42+,46+,47-,50-,55-/m0/s1. The second-order valence-corrected chi connectivity index (χ2v) is 22.9. The maximum Gasteiger partial charge on any atom is 0.255 e. The number of aryl methyl sites for hydroxylation is 3. The fourth-order valence-electron chi connectivity index (χ4n) is 11.1. The van der Waals surface area contributed by atoms with Crippen molar-refractivity contribution >= 4 is 52.2 Å². The van der Waals surface area contributed by atoms with E-state index in [-0.39, 0.29) is 29.9 Å². The molecule has 68 heavy (non-hydrogen) atoms. The number of unbranched alkanes of at least 4 members (excludes halogenated alkanes) is 6. The van der Waals surface area contributed by atoms with Gasteiger partial charge in [0, 0.05) is 24.3 Å². The van der Waals surface area contributed by atoms with Crippen LogP contribution in [0, 0.1) is 25.7 Å². The number of rotatable bonds is 19. The van der Waals surface area contributed by atoms with E-state index in [1.165, 1.54) is 46.0 Å². The number of likely N-dealkylation sites (N-methyl/N-ethyl adjacent to an activating group) is 1. The number of benzene rings is 4. The first-order valence-electron chi connectivity index (χ1n) is 23.8. The Morgan fingerprint density at radius 2 is 1.29 bits per heavy atom. The van der Waals surface area contributed by atoms with Gasteiger partial charge in [0.1, 0.15) is 57.5 Å². The van der Waals surface area contributed by atoms with Crippen LogP contribution in [0.15, 0.2) is 102 Å². The van der Waals surface area contributed by atoms with Gasteiger partial charge in [-0.1, -0.05) is 80.1 Å². The van der Waals surface area contributed by atoms with Crippen molar-refractivity contribution in [2.24, 2.45) is 17.6 Å².